The van der Waals surface area contributed by atoms with Gasteiger partial charge in [-0.05, 0) is 19.8 Å². The first kappa shape index (κ1) is 10.5. The van der Waals surface area contributed by atoms with Crippen LogP contribution in [0.25, 0.3) is 0 Å². The minimum absolute atomic E-state index is 0.0195. The number of nitrogens with zero attached hydrogens (tertiary/aromatic N) is 1. The molecule has 0 spiro atoms. The van der Waals surface area contributed by atoms with Crippen molar-refractivity contribution in [3.8, 4) is 0 Å². The molecule has 3 heteroatoms. The zero-order valence-corrected chi connectivity index (χ0v) is 8.64. The van der Waals surface area contributed by atoms with Crippen LogP contribution in [0, 0.1) is 5.92 Å². The van der Waals surface area contributed by atoms with Crippen molar-refractivity contribution >= 4 is 5.91 Å². The molecule has 1 aliphatic heterocycles. The van der Waals surface area contributed by atoms with Crippen molar-refractivity contribution in [3.63, 3.8) is 0 Å². The summed E-state index contributed by atoms with van der Waals surface area (Å²) in [4.78, 5) is 13.2. The normalized spacial score (nSPS) is 29.5. The number of carbonyl (C=O) groups excluding carboxylic acids is 1. The van der Waals surface area contributed by atoms with Gasteiger partial charge in [-0.25, -0.2) is 4.39 Å². The average molecular weight is 187 g/mol. The van der Waals surface area contributed by atoms with Crippen LogP contribution < -0.4 is 0 Å². The van der Waals surface area contributed by atoms with Crippen molar-refractivity contribution in [3.05, 3.63) is 0 Å². The highest BCUT2D eigenvalue weighted by Crippen LogP contribution is 2.25. The number of piperidine rings is 1. The van der Waals surface area contributed by atoms with Gasteiger partial charge >= 0.3 is 0 Å². The van der Waals surface area contributed by atoms with E-state index in [9.17, 15) is 9.18 Å². The highest BCUT2D eigenvalue weighted by molar-refractivity contribution is 5.78. The van der Waals surface area contributed by atoms with Gasteiger partial charge in [0.15, 0.2) is 0 Å². The molecule has 1 aliphatic rings. The molecule has 1 atom stereocenters. The van der Waals surface area contributed by atoms with E-state index in [1.54, 1.807) is 11.8 Å². The molecule has 0 N–H and O–H groups in total. The molecule has 0 radical (unpaired) electrons. The minimum atomic E-state index is -1.18. The van der Waals surface area contributed by atoms with Gasteiger partial charge in [0.2, 0.25) is 5.91 Å². The molecule has 1 heterocycles. The smallest absolute Gasteiger partial charge is 0.225 e. The Labute approximate surface area is 79.1 Å². The fraction of sp³-hybridized carbons (Fsp3) is 0.900. The first-order valence-corrected chi connectivity index (χ1v) is 4.90. The van der Waals surface area contributed by atoms with Gasteiger partial charge in [0.25, 0.3) is 0 Å². The van der Waals surface area contributed by atoms with Crippen LogP contribution in [0.2, 0.25) is 0 Å². The molecule has 0 aromatic rings. The third kappa shape index (κ3) is 2.68. The van der Waals surface area contributed by atoms with E-state index in [1.807, 2.05) is 13.8 Å². The second kappa shape index (κ2) is 3.64. The maximum Gasteiger partial charge on any atom is 0.225 e. The van der Waals surface area contributed by atoms with Crippen LogP contribution in [0.1, 0.15) is 33.6 Å². The summed E-state index contributed by atoms with van der Waals surface area (Å²) in [5.41, 5.74) is -1.18. The van der Waals surface area contributed by atoms with Crippen LogP contribution in [0.4, 0.5) is 4.39 Å². The molecule has 2 nitrogen and oxygen atoms in total. The molecule has 0 aromatic heterocycles. The predicted octanol–water partition coefficient (Wildman–Crippen LogP) is 1.99. The van der Waals surface area contributed by atoms with Crippen LogP contribution in [0.3, 0.4) is 0 Å². The number of halogens is 1. The number of amides is 1. The van der Waals surface area contributed by atoms with E-state index in [-0.39, 0.29) is 18.4 Å². The van der Waals surface area contributed by atoms with Gasteiger partial charge in [-0.2, -0.15) is 0 Å². The quantitative estimate of drug-likeness (QED) is 0.614. The lowest BCUT2D eigenvalue weighted by atomic mass is 9.96. The maximum absolute atomic E-state index is 13.6. The number of rotatable bonds is 1. The van der Waals surface area contributed by atoms with Gasteiger partial charge in [-0.15, -0.1) is 0 Å². The van der Waals surface area contributed by atoms with Crippen molar-refractivity contribution in [1.29, 1.82) is 0 Å². The molecule has 76 valence electrons. The molecular formula is C10H18FNO. The van der Waals surface area contributed by atoms with Gasteiger partial charge in [0, 0.05) is 12.5 Å². The largest absolute Gasteiger partial charge is 0.339 e. The monoisotopic (exact) mass is 187 g/mol. The molecule has 1 rings (SSSR count). The summed E-state index contributed by atoms with van der Waals surface area (Å²) in [5, 5.41) is 0. The SMILES string of the molecule is CC(C)C(=O)N1CCCC(C)(F)C1. The van der Waals surface area contributed by atoms with Gasteiger partial charge in [0.1, 0.15) is 5.67 Å². The molecule has 1 unspecified atom stereocenters. The van der Waals surface area contributed by atoms with Gasteiger partial charge in [-0.1, -0.05) is 13.8 Å². The lowest BCUT2D eigenvalue weighted by molar-refractivity contribution is -0.138. The first-order valence-electron chi connectivity index (χ1n) is 4.90. The summed E-state index contributed by atoms with van der Waals surface area (Å²) in [6.07, 6.45) is 1.36. The summed E-state index contributed by atoms with van der Waals surface area (Å²) in [5.74, 6) is 0.0532. The summed E-state index contributed by atoms with van der Waals surface area (Å²) in [6.45, 7) is 6.27. The molecule has 0 aromatic carbocycles. The second-order valence-electron chi connectivity index (χ2n) is 4.43. The Kier molecular flexibility index (Phi) is 2.94. The van der Waals surface area contributed by atoms with E-state index < -0.39 is 5.67 Å². The predicted molar refractivity (Wildman–Crippen MR) is 50.2 cm³/mol. The van der Waals surface area contributed by atoms with Crippen LogP contribution in [-0.4, -0.2) is 29.6 Å². The van der Waals surface area contributed by atoms with Crippen LogP contribution in [-0.2, 0) is 4.79 Å². The lowest BCUT2D eigenvalue weighted by Crippen LogP contribution is -2.47. The van der Waals surface area contributed by atoms with Crippen molar-refractivity contribution in [2.75, 3.05) is 13.1 Å². The van der Waals surface area contributed by atoms with E-state index in [1.165, 1.54) is 0 Å². The number of likely N-dealkylation sites (tertiary alicyclic amines) is 1. The van der Waals surface area contributed by atoms with Crippen LogP contribution in [0.15, 0.2) is 0 Å². The highest BCUT2D eigenvalue weighted by Gasteiger charge is 2.33. The second-order valence-corrected chi connectivity index (χ2v) is 4.43. The Morgan fingerprint density at radius 3 is 2.62 bits per heavy atom. The zero-order chi connectivity index (χ0) is 10.1. The molecule has 1 fully saturated rings. The number of alkyl halides is 1. The molecule has 0 aliphatic carbocycles. The fourth-order valence-corrected chi connectivity index (χ4v) is 1.75. The van der Waals surface area contributed by atoms with Crippen LogP contribution in [0.5, 0.6) is 0 Å². The molecule has 0 saturated carbocycles. The van der Waals surface area contributed by atoms with E-state index in [2.05, 4.69) is 0 Å². The van der Waals surface area contributed by atoms with Crippen molar-refractivity contribution < 1.29 is 9.18 Å². The van der Waals surface area contributed by atoms with E-state index >= 15 is 0 Å². The number of carbonyl (C=O) groups is 1. The number of hydrogen-bond acceptors (Lipinski definition) is 1. The topological polar surface area (TPSA) is 20.3 Å². The molecular weight excluding hydrogens is 169 g/mol. The minimum Gasteiger partial charge on any atom is -0.339 e. The Hall–Kier alpha value is -0.600. The molecule has 1 amide bonds. The molecule has 0 bridgehead atoms. The molecule has 1 saturated heterocycles. The fourth-order valence-electron chi connectivity index (χ4n) is 1.75. The maximum atomic E-state index is 13.6. The van der Waals surface area contributed by atoms with E-state index in [0.29, 0.717) is 6.42 Å². The third-order valence-corrected chi connectivity index (χ3v) is 2.45. The van der Waals surface area contributed by atoms with Crippen molar-refractivity contribution in [2.24, 2.45) is 5.92 Å². The van der Waals surface area contributed by atoms with Crippen molar-refractivity contribution in [2.45, 2.75) is 39.3 Å². The third-order valence-electron chi connectivity index (χ3n) is 2.45. The lowest BCUT2D eigenvalue weighted by Gasteiger charge is -2.36. The summed E-state index contributed by atoms with van der Waals surface area (Å²) >= 11 is 0. The zero-order valence-electron chi connectivity index (χ0n) is 8.64. The van der Waals surface area contributed by atoms with Crippen LogP contribution >= 0.6 is 0 Å². The Morgan fingerprint density at radius 2 is 2.15 bits per heavy atom. The van der Waals surface area contributed by atoms with E-state index in [0.717, 1.165) is 13.0 Å². The Morgan fingerprint density at radius 1 is 1.54 bits per heavy atom. The molecule has 13 heavy (non-hydrogen) atoms. The summed E-state index contributed by atoms with van der Waals surface area (Å²) < 4.78 is 13.6. The number of hydrogen-bond donors (Lipinski definition) is 0. The Balaban J connectivity index is 2.57. The summed E-state index contributed by atoms with van der Waals surface area (Å²) in [7, 11) is 0. The standard InChI is InChI=1S/C10H18FNO/c1-8(2)9(13)12-6-4-5-10(3,11)7-12/h8H,4-7H2,1-3H3. The summed E-state index contributed by atoms with van der Waals surface area (Å²) in [6, 6.07) is 0. The van der Waals surface area contributed by atoms with Crippen molar-refractivity contribution in [1.82, 2.24) is 4.90 Å². The van der Waals surface area contributed by atoms with E-state index in [4.69, 9.17) is 0 Å². The van der Waals surface area contributed by atoms with Gasteiger partial charge in [0.05, 0.1) is 6.54 Å². The first-order chi connectivity index (χ1) is 5.92. The van der Waals surface area contributed by atoms with Gasteiger partial charge < -0.3 is 4.90 Å². The average Bonchev–Trinajstić information content (AvgIpc) is 2.01. The Bertz CT molecular complexity index is 201. The highest BCUT2D eigenvalue weighted by atomic mass is 19.1. The van der Waals surface area contributed by atoms with Gasteiger partial charge in [-0.3, -0.25) is 4.79 Å².